The lowest BCUT2D eigenvalue weighted by Gasteiger charge is -2.09. The number of pyridine rings is 1. The number of aromatic nitrogens is 3. The molecule has 0 unspecified atom stereocenters. The van der Waals surface area contributed by atoms with Gasteiger partial charge in [0.1, 0.15) is 0 Å². The van der Waals surface area contributed by atoms with Crippen LogP contribution in [0.1, 0.15) is 21.9 Å². The van der Waals surface area contributed by atoms with E-state index in [4.69, 9.17) is 21.5 Å². The lowest BCUT2D eigenvalue weighted by Crippen LogP contribution is -2.22. The second kappa shape index (κ2) is 8.84. The lowest BCUT2D eigenvalue weighted by atomic mass is 10.3. The predicted molar refractivity (Wildman–Crippen MR) is 113 cm³/mol. The third kappa shape index (κ3) is 5.45. The van der Waals surface area contributed by atoms with Crippen LogP contribution in [0.3, 0.4) is 0 Å². The molecule has 0 saturated carbocycles. The van der Waals surface area contributed by atoms with E-state index < -0.39 is 28.5 Å². The summed E-state index contributed by atoms with van der Waals surface area (Å²) >= 11 is 6.07. The maximum absolute atomic E-state index is 12.4. The van der Waals surface area contributed by atoms with E-state index in [1.54, 1.807) is 10.7 Å². The van der Waals surface area contributed by atoms with Gasteiger partial charge in [0.15, 0.2) is 18.1 Å². The lowest BCUT2D eigenvalue weighted by molar-refractivity contribution is -0.119. The Labute approximate surface area is 183 Å². The SMILES string of the molecule is Cc1cc(C)n(-c2ccc(Cl)c(C(=O)OCC(=O)Nc3cccc(S(N)(=O)=O)c3)n2)n1. The van der Waals surface area contributed by atoms with E-state index in [2.05, 4.69) is 15.4 Å². The molecule has 1 amide bonds. The average Bonchev–Trinajstić information content (AvgIpc) is 3.04. The van der Waals surface area contributed by atoms with Crippen molar-refractivity contribution in [1.82, 2.24) is 14.8 Å². The van der Waals surface area contributed by atoms with Crippen molar-refractivity contribution in [2.24, 2.45) is 5.14 Å². The molecule has 0 aliphatic heterocycles. The van der Waals surface area contributed by atoms with Crippen LogP contribution in [0.2, 0.25) is 5.02 Å². The number of primary sulfonamides is 1. The summed E-state index contributed by atoms with van der Waals surface area (Å²) in [4.78, 5) is 28.5. The molecule has 0 atom stereocenters. The Morgan fingerprint density at radius 3 is 2.58 bits per heavy atom. The van der Waals surface area contributed by atoms with Crippen molar-refractivity contribution in [3.63, 3.8) is 0 Å². The van der Waals surface area contributed by atoms with Crippen LogP contribution in [-0.4, -0.2) is 41.7 Å². The van der Waals surface area contributed by atoms with Gasteiger partial charge in [-0.1, -0.05) is 17.7 Å². The van der Waals surface area contributed by atoms with Crippen LogP contribution in [0.5, 0.6) is 0 Å². The van der Waals surface area contributed by atoms with Gasteiger partial charge in [0.25, 0.3) is 5.91 Å². The number of rotatable bonds is 6. The summed E-state index contributed by atoms with van der Waals surface area (Å²) in [6.07, 6.45) is 0. The molecule has 1 aromatic carbocycles. The van der Waals surface area contributed by atoms with Crippen LogP contribution < -0.4 is 10.5 Å². The van der Waals surface area contributed by atoms with E-state index >= 15 is 0 Å². The van der Waals surface area contributed by atoms with Gasteiger partial charge in [0.2, 0.25) is 10.0 Å². The number of amides is 1. The Morgan fingerprint density at radius 2 is 1.94 bits per heavy atom. The highest BCUT2D eigenvalue weighted by Gasteiger charge is 2.18. The molecule has 162 valence electrons. The minimum absolute atomic E-state index is 0.0524. The molecule has 12 heteroatoms. The maximum atomic E-state index is 12.4. The van der Waals surface area contributed by atoms with E-state index in [9.17, 15) is 18.0 Å². The Balaban J connectivity index is 1.69. The van der Waals surface area contributed by atoms with Gasteiger partial charge in [-0.2, -0.15) is 5.10 Å². The maximum Gasteiger partial charge on any atom is 0.359 e. The summed E-state index contributed by atoms with van der Waals surface area (Å²) in [5.74, 6) is -1.22. The van der Waals surface area contributed by atoms with Crippen molar-refractivity contribution >= 4 is 39.2 Å². The highest BCUT2D eigenvalue weighted by molar-refractivity contribution is 7.89. The van der Waals surface area contributed by atoms with E-state index in [1.165, 1.54) is 30.3 Å². The summed E-state index contributed by atoms with van der Waals surface area (Å²) in [7, 11) is -3.92. The van der Waals surface area contributed by atoms with Crippen molar-refractivity contribution < 1.29 is 22.7 Å². The first-order valence-corrected chi connectivity index (χ1v) is 10.8. The van der Waals surface area contributed by atoms with Crippen LogP contribution in [-0.2, 0) is 19.6 Å². The monoisotopic (exact) mass is 463 g/mol. The molecule has 0 fully saturated rings. The summed E-state index contributed by atoms with van der Waals surface area (Å²) in [6, 6.07) is 10.3. The summed E-state index contributed by atoms with van der Waals surface area (Å²) < 4.78 is 29.3. The Morgan fingerprint density at radius 1 is 1.19 bits per heavy atom. The molecule has 3 N–H and O–H groups in total. The first-order valence-electron chi connectivity index (χ1n) is 8.84. The van der Waals surface area contributed by atoms with Gasteiger partial charge in [0.05, 0.1) is 15.6 Å². The van der Waals surface area contributed by atoms with Gasteiger partial charge in [-0.05, 0) is 50.2 Å². The number of aryl methyl sites for hydroxylation is 2. The fourth-order valence-corrected chi connectivity index (χ4v) is 3.44. The zero-order valence-electron chi connectivity index (χ0n) is 16.5. The van der Waals surface area contributed by atoms with E-state index in [0.717, 1.165) is 11.4 Å². The van der Waals surface area contributed by atoms with Gasteiger partial charge in [0, 0.05) is 11.4 Å². The summed E-state index contributed by atoms with van der Waals surface area (Å²) in [5, 5.41) is 11.8. The van der Waals surface area contributed by atoms with Gasteiger partial charge in [-0.25, -0.2) is 28.0 Å². The number of anilines is 1. The zero-order chi connectivity index (χ0) is 22.8. The third-order valence-corrected chi connectivity index (χ3v) is 5.25. The second-order valence-electron chi connectivity index (χ2n) is 6.54. The molecule has 0 bridgehead atoms. The molecule has 0 aliphatic carbocycles. The molecule has 31 heavy (non-hydrogen) atoms. The average molecular weight is 464 g/mol. The van der Waals surface area contributed by atoms with E-state index in [1.807, 2.05) is 19.9 Å². The fraction of sp³-hybridized carbons (Fsp3) is 0.158. The van der Waals surface area contributed by atoms with Crippen molar-refractivity contribution in [3.05, 3.63) is 64.6 Å². The molecule has 0 spiro atoms. The number of nitrogens with one attached hydrogen (secondary N) is 1. The molecule has 0 radical (unpaired) electrons. The topological polar surface area (TPSA) is 146 Å². The molecule has 3 rings (SSSR count). The minimum Gasteiger partial charge on any atom is -0.451 e. The van der Waals surface area contributed by atoms with Crippen LogP contribution in [0.15, 0.2) is 47.4 Å². The van der Waals surface area contributed by atoms with Crippen molar-refractivity contribution in [1.29, 1.82) is 0 Å². The number of sulfonamides is 1. The largest absolute Gasteiger partial charge is 0.451 e. The number of carbonyl (C=O) groups excluding carboxylic acids is 2. The molecule has 10 nitrogen and oxygen atoms in total. The highest BCUT2D eigenvalue weighted by Crippen LogP contribution is 2.19. The molecule has 2 heterocycles. The molecular weight excluding hydrogens is 446 g/mol. The number of carbonyl (C=O) groups is 2. The standard InChI is InChI=1S/C19H18ClN5O5S/c1-11-8-12(2)25(24-11)16-7-6-15(20)18(23-16)19(27)30-10-17(26)22-13-4-3-5-14(9-13)31(21,28)29/h3-9H,10H2,1-2H3,(H,22,26)(H2,21,28,29). The predicted octanol–water partition coefficient (Wildman–Crippen LogP) is 1.98. The minimum atomic E-state index is -3.92. The molecule has 0 saturated heterocycles. The summed E-state index contributed by atoms with van der Waals surface area (Å²) in [5.41, 5.74) is 1.60. The smallest absolute Gasteiger partial charge is 0.359 e. The molecular formula is C19H18ClN5O5S. The Kier molecular flexibility index (Phi) is 6.39. The third-order valence-electron chi connectivity index (χ3n) is 4.03. The molecule has 2 aromatic heterocycles. The molecule has 0 aliphatic rings. The van der Waals surface area contributed by atoms with Gasteiger partial charge >= 0.3 is 5.97 Å². The molecule has 3 aromatic rings. The van der Waals surface area contributed by atoms with E-state index in [-0.39, 0.29) is 21.3 Å². The van der Waals surface area contributed by atoms with Crippen LogP contribution in [0.4, 0.5) is 5.69 Å². The number of nitrogens with two attached hydrogens (primary N) is 1. The van der Waals surface area contributed by atoms with Gasteiger partial charge in [-0.15, -0.1) is 0 Å². The summed E-state index contributed by atoms with van der Waals surface area (Å²) in [6.45, 7) is 3.02. The Hall–Kier alpha value is -3.28. The zero-order valence-corrected chi connectivity index (χ0v) is 18.1. The van der Waals surface area contributed by atoms with Crippen LogP contribution >= 0.6 is 11.6 Å². The van der Waals surface area contributed by atoms with Crippen LogP contribution in [0, 0.1) is 13.8 Å². The number of hydrogen-bond acceptors (Lipinski definition) is 7. The first kappa shape index (κ1) is 22.4. The Bertz CT molecular complexity index is 1270. The van der Waals surface area contributed by atoms with Crippen molar-refractivity contribution in [2.45, 2.75) is 18.7 Å². The van der Waals surface area contributed by atoms with E-state index in [0.29, 0.717) is 5.82 Å². The number of halogens is 1. The first-order chi connectivity index (χ1) is 14.5. The van der Waals surface area contributed by atoms with Crippen LogP contribution in [0.25, 0.3) is 5.82 Å². The highest BCUT2D eigenvalue weighted by atomic mass is 35.5. The number of hydrogen-bond donors (Lipinski definition) is 2. The van der Waals surface area contributed by atoms with Gasteiger partial charge < -0.3 is 10.1 Å². The number of esters is 1. The quantitative estimate of drug-likeness (QED) is 0.531. The normalized spacial score (nSPS) is 11.2. The fourth-order valence-electron chi connectivity index (χ4n) is 2.70. The second-order valence-corrected chi connectivity index (χ2v) is 8.50. The number of nitrogens with zero attached hydrogens (tertiary/aromatic N) is 3. The number of ether oxygens (including phenoxy) is 1. The number of benzene rings is 1. The van der Waals surface area contributed by atoms with Gasteiger partial charge in [-0.3, -0.25) is 4.79 Å². The van der Waals surface area contributed by atoms with Crippen molar-refractivity contribution in [2.75, 3.05) is 11.9 Å². The van der Waals surface area contributed by atoms with Crippen molar-refractivity contribution in [3.8, 4) is 5.82 Å².